The van der Waals surface area contributed by atoms with E-state index in [4.69, 9.17) is 21.1 Å². The molecule has 0 saturated carbocycles. The van der Waals surface area contributed by atoms with Gasteiger partial charge in [-0.25, -0.2) is 13.2 Å². The van der Waals surface area contributed by atoms with Crippen LogP contribution < -0.4 is 4.74 Å². The van der Waals surface area contributed by atoms with E-state index in [2.05, 4.69) is 4.90 Å². The van der Waals surface area contributed by atoms with Gasteiger partial charge in [0, 0.05) is 25.2 Å². The van der Waals surface area contributed by atoms with Crippen LogP contribution in [0.3, 0.4) is 0 Å². The lowest BCUT2D eigenvalue weighted by Crippen LogP contribution is -2.61. The number of carbonyl (C=O) groups excluding carboxylic acids is 1. The molecule has 32 heavy (non-hydrogen) atoms. The number of β-lactam (4-membered cyclic amide) rings is 1. The summed E-state index contributed by atoms with van der Waals surface area (Å²) < 4.78 is 52.9. The van der Waals surface area contributed by atoms with Crippen LogP contribution in [0.15, 0.2) is 36.4 Å². The van der Waals surface area contributed by atoms with Crippen molar-refractivity contribution in [2.24, 2.45) is 0 Å². The minimum absolute atomic E-state index is 0.000209. The lowest BCUT2D eigenvalue weighted by molar-refractivity contribution is -0.164. The molecule has 4 rings (SSSR count). The SMILES string of the molecule is O=C1[C@@H](Oc2ccc(F)cc2Cl)[C@@H](c2cc(F)ccc2F)N1CCCCN1CCOCC1. The van der Waals surface area contributed by atoms with Crippen molar-refractivity contribution in [2.45, 2.75) is 25.0 Å². The Morgan fingerprint density at radius 3 is 2.44 bits per heavy atom. The highest BCUT2D eigenvalue weighted by molar-refractivity contribution is 6.32. The Labute approximate surface area is 189 Å². The van der Waals surface area contributed by atoms with Gasteiger partial charge in [-0.1, -0.05) is 11.6 Å². The molecular weight excluding hydrogens is 445 g/mol. The number of amides is 1. The zero-order valence-electron chi connectivity index (χ0n) is 17.4. The third kappa shape index (κ3) is 5.03. The fourth-order valence-electron chi connectivity index (χ4n) is 4.10. The van der Waals surface area contributed by atoms with Crippen LogP contribution >= 0.6 is 11.6 Å². The molecule has 0 spiro atoms. The van der Waals surface area contributed by atoms with E-state index in [1.165, 1.54) is 11.0 Å². The van der Waals surface area contributed by atoms with Crippen molar-refractivity contribution in [3.63, 3.8) is 0 Å². The molecule has 1 amide bonds. The fraction of sp³-hybridized carbons (Fsp3) is 0.435. The standard InChI is InChI=1S/C23H24ClF3N2O3/c24-18-14-16(26)4-6-20(18)32-22-21(17-13-15(25)3-5-19(17)27)29(23(22)30)8-2-1-7-28-9-11-31-12-10-28/h3-6,13-14,21-22H,1-2,7-12H2/t21-,22+/m1/s1. The second-order valence-electron chi connectivity index (χ2n) is 7.92. The molecule has 0 aliphatic carbocycles. The summed E-state index contributed by atoms with van der Waals surface area (Å²) in [6.45, 7) is 4.48. The smallest absolute Gasteiger partial charge is 0.266 e. The summed E-state index contributed by atoms with van der Waals surface area (Å²) in [4.78, 5) is 16.7. The molecule has 0 aromatic heterocycles. The Balaban J connectivity index is 1.46. The summed E-state index contributed by atoms with van der Waals surface area (Å²) in [5, 5.41) is 0.000209. The lowest BCUT2D eigenvalue weighted by Gasteiger charge is -2.47. The lowest BCUT2D eigenvalue weighted by atomic mass is 9.89. The summed E-state index contributed by atoms with van der Waals surface area (Å²) in [6.07, 6.45) is 0.492. The summed E-state index contributed by atoms with van der Waals surface area (Å²) in [5.41, 5.74) is 0.0426. The Bertz CT molecular complexity index is 971. The molecule has 2 aromatic rings. The highest BCUT2D eigenvalue weighted by Gasteiger charge is 2.51. The number of rotatable bonds is 8. The number of carbonyl (C=O) groups is 1. The van der Waals surface area contributed by atoms with Crippen molar-refractivity contribution in [3.05, 3.63) is 64.4 Å². The summed E-state index contributed by atoms with van der Waals surface area (Å²) in [7, 11) is 0. The van der Waals surface area contributed by atoms with Crippen LogP contribution in [-0.4, -0.2) is 61.2 Å². The number of unbranched alkanes of at least 4 members (excludes halogenated alkanes) is 1. The van der Waals surface area contributed by atoms with Crippen LogP contribution in [0.4, 0.5) is 13.2 Å². The minimum Gasteiger partial charge on any atom is -0.476 e. The molecule has 0 bridgehead atoms. The third-order valence-corrected chi connectivity index (χ3v) is 6.10. The number of hydrogen-bond donors (Lipinski definition) is 0. The minimum atomic E-state index is -1.08. The van der Waals surface area contributed by atoms with Gasteiger partial charge in [-0.05, 0) is 55.8 Å². The fourth-order valence-corrected chi connectivity index (χ4v) is 4.31. The van der Waals surface area contributed by atoms with Gasteiger partial charge in [0.05, 0.1) is 18.2 Å². The maximum absolute atomic E-state index is 14.6. The summed E-state index contributed by atoms with van der Waals surface area (Å²) in [5.74, 6) is -2.00. The van der Waals surface area contributed by atoms with E-state index < -0.39 is 29.6 Å². The molecule has 5 nitrogen and oxygen atoms in total. The molecule has 2 heterocycles. The molecule has 0 radical (unpaired) electrons. The van der Waals surface area contributed by atoms with Crippen LogP contribution in [0.5, 0.6) is 5.75 Å². The van der Waals surface area contributed by atoms with Gasteiger partial charge in [0.1, 0.15) is 29.2 Å². The van der Waals surface area contributed by atoms with Gasteiger partial charge < -0.3 is 14.4 Å². The molecule has 2 fully saturated rings. The van der Waals surface area contributed by atoms with E-state index >= 15 is 0 Å². The summed E-state index contributed by atoms with van der Waals surface area (Å²) >= 11 is 6.03. The Morgan fingerprint density at radius 2 is 1.69 bits per heavy atom. The molecule has 0 N–H and O–H groups in total. The first-order valence-electron chi connectivity index (χ1n) is 10.6. The molecule has 0 unspecified atom stereocenters. The molecule has 172 valence electrons. The Morgan fingerprint density at radius 1 is 1.00 bits per heavy atom. The number of benzene rings is 2. The molecule has 2 aliphatic heterocycles. The molecule has 2 saturated heterocycles. The predicted molar refractivity (Wildman–Crippen MR) is 113 cm³/mol. The second-order valence-corrected chi connectivity index (χ2v) is 8.32. The van der Waals surface area contributed by atoms with E-state index in [0.29, 0.717) is 13.0 Å². The van der Waals surface area contributed by atoms with Crippen LogP contribution in [-0.2, 0) is 9.53 Å². The molecular formula is C23H24ClF3N2O3. The zero-order valence-corrected chi connectivity index (χ0v) is 18.2. The van der Waals surface area contributed by atoms with Crippen molar-refractivity contribution in [2.75, 3.05) is 39.4 Å². The van der Waals surface area contributed by atoms with E-state index in [9.17, 15) is 18.0 Å². The maximum Gasteiger partial charge on any atom is 0.266 e. The van der Waals surface area contributed by atoms with Gasteiger partial charge in [-0.15, -0.1) is 0 Å². The first kappa shape index (κ1) is 22.9. The molecule has 2 aliphatic rings. The summed E-state index contributed by atoms with van der Waals surface area (Å²) in [6, 6.07) is 5.88. The van der Waals surface area contributed by atoms with Crippen LogP contribution in [0.1, 0.15) is 24.4 Å². The zero-order chi connectivity index (χ0) is 22.7. The molecule has 9 heteroatoms. The van der Waals surface area contributed by atoms with Gasteiger partial charge in [-0.3, -0.25) is 9.69 Å². The van der Waals surface area contributed by atoms with Crippen molar-refractivity contribution < 1.29 is 27.4 Å². The molecule has 2 aromatic carbocycles. The van der Waals surface area contributed by atoms with Crippen molar-refractivity contribution in [1.29, 1.82) is 0 Å². The van der Waals surface area contributed by atoms with Crippen LogP contribution in [0.2, 0.25) is 5.02 Å². The normalized spacial score (nSPS) is 21.5. The number of nitrogens with zero attached hydrogens (tertiary/aromatic N) is 2. The van der Waals surface area contributed by atoms with Crippen LogP contribution in [0.25, 0.3) is 0 Å². The number of likely N-dealkylation sites (tertiary alicyclic amines) is 1. The van der Waals surface area contributed by atoms with Crippen LogP contribution in [0, 0.1) is 17.5 Å². The highest BCUT2D eigenvalue weighted by atomic mass is 35.5. The first-order valence-corrected chi connectivity index (χ1v) is 11.0. The van der Waals surface area contributed by atoms with Gasteiger partial charge in [-0.2, -0.15) is 0 Å². The Hall–Kier alpha value is -2.29. The Kier molecular flexibility index (Phi) is 7.23. The maximum atomic E-state index is 14.6. The van der Waals surface area contributed by atoms with Crippen molar-refractivity contribution in [3.8, 4) is 5.75 Å². The van der Waals surface area contributed by atoms with Crippen molar-refractivity contribution >= 4 is 17.5 Å². The topological polar surface area (TPSA) is 42.0 Å². The predicted octanol–water partition coefficient (Wildman–Crippen LogP) is 4.20. The van der Waals surface area contributed by atoms with E-state index in [0.717, 1.165) is 69.6 Å². The monoisotopic (exact) mass is 468 g/mol. The van der Waals surface area contributed by atoms with Gasteiger partial charge in [0.2, 0.25) is 6.10 Å². The second kappa shape index (κ2) is 10.1. The number of ether oxygens (including phenoxy) is 2. The van der Waals surface area contributed by atoms with E-state index in [-0.39, 0.29) is 22.2 Å². The van der Waals surface area contributed by atoms with E-state index in [1.807, 2.05) is 0 Å². The quantitative estimate of drug-likeness (QED) is 0.430. The largest absolute Gasteiger partial charge is 0.476 e. The van der Waals surface area contributed by atoms with Crippen molar-refractivity contribution in [1.82, 2.24) is 9.80 Å². The van der Waals surface area contributed by atoms with Gasteiger partial charge >= 0.3 is 0 Å². The van der Waals surface area contributed by atoms with Gasteiger partial charge in [0.25, 0.3) is 5.91 Å². The van der Waals surface area contributed by atoms with Gasteiger partial charge in [0.15, 0.2) is 0 Å². The number of morpholine rings is 1. The van der Waals surface area contributed by atoms with E-state index in [1.54, 1.807) is 0 Å². The first-order chi connectivity index (χ1) is 15.4. The number of halogens is 4. The molecule has 2 atom stereocenters. The average Bonchev–Trinajstić information content (AvgIpc) is 2.78. The highest BCUT2D eigenvalue weighted by Crippen LogP contribution is 2.40. The average molecular weight is 469 g/mol. The number of hydrogen-bond acceptors (Lipinski definition) is 4. The third-order valence-electron chi connectivity index (χ3n) is 5.80.